The van der Waals surface area contributed by atoms with E-state index in [1.807, 2.05) is 19.1 Å². The van der Waals surface area contributed by atoms with Gasteiger partial charge in [0.1, 0.15) is 6.04 Å². The fourth-order valence-electron chi connectivity index (χ4n) is 3.80. The molecule has 1 saturated heterocycles. The molecule has 0 bridgehead atoms. The third kappa shape index (κ3) is 5.11. The smallest absolute Gasteiger partial charge is 0.326 e. The van der Waals surface area contributed by atoms with Gasteiger partial charge in [-0.1, -0.05) is 13.0 Å². The second-order valence-corrected chi connectivity index (χ2v) is 9.94. The minimum Gasteiger partial charge on any atom is -0.480 e. The van der Waals surface area contributed by atoms with Gasteiger partial charge >= 0.3 is 5.97 Å². The number of carboxylic acid groups (broad SMARTS) is 1. The highest BCUT2D eigenvalue weighted by molar-refractivity contribution is 8.01. The number of thioether (sulfide) groups is 1. The van der Waals surface area contributed by atoms with E-state index in [1.54, 1.807) is 24.7 Å². The average molecular weight is 479 g/mol. The molecule has 2 aromatic rings. The second kappa shape index (κ2) is 10.4. The minimum absolute atomic E-state index is 0.106. The van der Waals surface area contributed by atoms with Gasteiger partial charge in [0.25, 0.3) is 5.91 Å². The van der Waals surface area contributed by atoms with Crippen LogP contribution < -0.4 is 5.32 Å². The standard InChI is InChI=1S/C21H26N4O5S2/c1-11(17-15(13(3)26)19(28)25(17)12(2)20(29)30)9-31-21-16(24-10-32-21)18(27)23-8-14-6-4-5-7-22-14/h4-7,10-13,15,17,26H,8-9H2,1-3H3,(H,23,27)(H,29,30)/t11-,12?,13+,15+,17?/m0/s1. The molecular weight excluding hydrogens is 452 g/mol. The Hall–Kier alpha value is -2.50. The van der Waals surface area contributed by atoms with Crippen molar-refractivity contribution in [3.63, 3.8) is 0 Å². The van der Waals surface area contributed by atoms with Crippen molar-refractivity contribution < 1.29 is 24.6 Å². The number of aliphatic hydroxyl groups is 1. The highest BCUT2D eigenvalue weighted by Gasteiger charge is 2.54. The van der Waals surface area contributed by atoms with Crippen LogP contribution in [0.1, 0.15) is 37.0 Å². The summed E-state index contributed by atoms with van der Waals surface area (Å²) in [6, 6.07) is 4.11. The maximum Gasteiger partial charge on any atom is 0.326 e. The Balaban J connectivity index is 1.63. The zero-order chi connectivity index (χ0) is 23.4. The molecule has 5 atom stereocenters. The predicted molar refractivity (Wildman–Crippen MR) is 120 cm³/mol. The number of hydrogen-bond donors (Lipinski definition) is 3. The van der Waals surface area contributed by atoms with Gasteiger partial charge in [-0.2, -0.15) is 0 Å². The van der Waals surface area contributed by atoms with E-state index < -0.39 is 30.1 Å². The van der Waals surface area contributed by atoms with Crippen LogP contribution in [0.4, 0.5) is 0 Å². The van der Waals surface area contributed by atoms with Crippen molar-refractivity contribution in [2.24, 2.45) is 11.8 Å². The molecule has 2 aromatic heterocycles. The first-order valence-electron chi connectivity index (χ1n) is 10.2. The molecule has 0 radical (unpaired) electrons. The highest BCUT2D eigenvalue weighted by Crippen LogP contribution is 2.39. The number of aliphatic hydroxyl groups excluding tert-OH is 1. The number of pyridine rings is 1. The summed E-state index contributed by atoms with van der Waals surface area (Å²) in [5.74, 6) is -1.92. The lowest BCUT2D eigenvalue weighted by Crippen LogP contribution is -2.70. The van der Waals surface area contributed by atoms with Crippen molar-refractivity contribution in [3.8, 4) is 0 Å². The van der Waals surface area contributed by atoms with E-state index in [0.717, 1.165) is 9.90 Å². The van der Waals surface area contributed by atoms with Gasteiger partial charge in [0, 0.05) is 11.9 Å². The normalized spacial score (nSPS) is 20.9. The van der Waals surface area contributed by atoms with Crippen molar-refractivity contribution in [2.75, 3.05) is 5.75 Å². The number of amides is 2. The van der Waals surface area contributed by atoms with Crippen LogP contribution in [0.5, 0.6) is 0 Å². The second-order valence-electron chi connectivity index (χ2n) is 7.80. The van der Waals surface area contributed by atoms with Gasteiger partial charge in [-0.25, -0.2) is 9.78 Å². The topological polar surface area (TPSA) is 133 Å². The monoisotopic (exact) mass is 478 g/mol. The number of nitrogens with zero attached hydrogens (tertiary/aromatic N) is 3. The summed E-state index contributed by atoms with van der Waals surface area (Å²) in [5.41, 5.74) is 2.67. The fraction of sp³-hybridized carbons (Fsp3) is 0.476. The molecule has 2 unspecified atom stereocenters. The van der Waals surface area contributed by atoms with Crippen LogP contribution in [-0.4, -0.2) is 66.8 Å². The van der Waals surface area contributed by atoms with E-state index in [9.17, 15) is 24.6 Å². The molecule has 0 saturated carbocycles. The Morgan fingerprint density at radius 3 is 2.66 bits per heavy atom. The molecule has 172 valence electrons. The van der Waals surface area contributed by atoms with Crippen LogP contribution in [0.25, 0.3) is 0 Å². The number of β-lactam (4-membered cyclic amide) rings is 1. The van der Waals surface area contributed by atoms with Gasteiger partial charge in [0.2, 0.25) is 5.91 Å². The molecule has 2 amide bonds. The van der Waals surface area contributed by atoms with Gasteiger partial charge in [0.05, 0.1) is 40.0 Å². The Morgan fingerprint density at radius 2 is 2.03 bits per heavy atom. The van der Waals surface area contributed by atoms with E-state index in [0.29, 0.717) is 18.0 Å². The zero-order valence-electron chi connectivity index (χ0n) is 18.0. The molecule has 0 spiro atoms. The molecule has 1 fully saturated rings. The largest absolute Gasteiger partial charge is 0.480 e. The Labute approximate surface area is 194 Å². The minimum atomic E-state index is -1.08. The lowest BCUT2D eigenvalue weighted by Gasteiger charge is -2.52. The van der Waals surface area contributed by atoms with Crippen LogP contribution in [0.3, 0.4) is 0 Å². The lowest BCUT2D eigenvalue weighted by molar-refractivity contribution is -0.178. The molecule has 3 rings (SSSR count). The summed E-state index contributed by atoms with van der Waals surface area (Å²) >= 11 is 2.79. The SMILES string of the molecule is CC(C(=O)O)N1C(=O)[C@H]([C@@H](C)O)C1[C@@H](C)CSc1scnc1C(=O)NCc1ccccn1. The number of nitrogens with one attached hydrogen (secondary N) is 1. The molecule has 3 N–H and O–H groups in total. The van der Waals surface area contributed by atoms with E-state index >= 15 is 0 Å². The van der Waals surface area contributed by atoms with Gasteiger partial charge in [-0.3, -0.25) is 14.6 Å². The molecule has 32 heavy (non-hydrogen) atoms. The summed E-state index contributed by atoms with van der Waals surface area (Å²) in [6.45, 7) is 5.23. The molecule has 9 nitrogen and oxygen atoms in total. The Kier molecular flexibility index (Phi) is 7.86. The summed E-state index contributed by atoms with van der Waals surface area (Å²) in [7, 11) is 0. The summed E-state index contributed by atoms with van der Waals surface area (Å²) in [5, 5.41) is 22.2. The number of thiazole rings is 1. The molecule has 1 aliphatic heterocycles. The number of carbonyl (C=O) groups excluding carboxylic acids is 2. The average Bonchev–Trinajstić information content (AvgIpc) is 3.23. The first kappa shape index (κ1) is 24.1. The number of aromatic nitrogens is 2. The number of carboxylic acids is 1. The number of rotatable bonds is 10. The molecular formula is C21H26N4O5S2. The molecule has 0 aliphatic carbocycles. The van der Waals surface area contributed by atoms with Crippen molar-refractivity contribution in [1.82, 2.24) is 20.2 Å². The molecule has 3 heterocycles. The van der Waals surface area contributed by atoms with E-state index in [-0.39, 0.29) is 17.7 Å². The quantitative estimate of drug-likeness (QED) is 0.348. The van der Waals surface area contributed by atoms with E-state index in [1.165, 1.54) is 34.9 Å². The highest BCUT2D eigenvalue weighted by atomic mass is 32.2. The van der Waals surface area contributed by atoms with Gasteiger partial charge < -0.3 is 20.4 Å². The Morgan fingerprint density at radius 1 is 1.28 bits per heavy atom. The van der Waals surface area contributed by atoms with Crippen molar-refractivity contribution in [2.45, 2.75) is 49.7 Å². The molecule has 0 aromatic carbocycles. The number of aliphatic carboxylic acids is 1. The van der Waals surface area contributed by atoms with Gasteiger partial charge in [-0.15, -0.1) is 23.1 Å². The van der Waals surface area contributed by atoms with Gasteiger partial charge in [-0.05, 0) is 31.9 Å². The van der Waals surface area contributed by atoms with E-state index in [4.69, 9.17) is 0 Å². The fourth-order valence-corrected chi connectivity index (χ4v) is 5.81. The maximum atomic E-state index is 12.6. The van der Waals surface area contributed by atoms with Crippen LogP contribution in [-0.2, 0) is 16.1 Å². The van der Waals surface area contributed by atoms with Crippen LogP contribution in [0, 0.1) is 11.8 Å². The van der Waals surface area contributed by atoms with Crippen LogP contribution >= 0.6 is 23.1 Å². The summed E-state index contributed by atoms with van der Waals surface area (Å²) in [4.78, 5) is 46.2. The number of carbonyl (C=O) groups is 3. The Bertz CT molecular complexity index is 968. The van der Waals surface area contributed by atoms with Gasteiger partial charge in [0.15, 0.2) is 5.69 Å². The summed E-state index contributed by atoms with van der Waals surface area (Å²) in [6.07, 6.45) is 0.793. The zero-order valence-corrected chi connectivity index (χ0v) is 19.6. The summed E-state index contributed by atoms with van der Waals surface area (Å²) < 4.78 is 0.743. The molecule has 11 heteroatoms. The first-order chi connectivity index (χ1) is 15.2. The number of likely N-dealkylation sites (tertiary alicyclic amines) is 1. The van der Waals surface area contributed by atoms with Crippen molar-refractivity contribution in [1.29, 1.82) is 0 Å². The maximum absolute atomic E-state index is 12.6. The van der Waals surface area contributed by atoms with Crippen molar-refractivity contribution >= 4 is 40.9 Å². The number of hydrogen-bond acceptors (Lipinski definition) is 8. The van der Waals surface area contributed by atoms with E-state index in [2.05, 4.69) is 15.3 Å². The first-order valence-corrected chi connectivity index (χ1v) is 12.1. The van der Waals surface area contributed by atoms with Crippen molar-refractivity contribution in [3.05, 3.63) is 41.3 Å². The third-order valence-corrected chi connectivity index (χ3v) is 7.90. The predicted octanol–water partition coefficient (Wildman–Crippen LogP) is 1.88. The van der Waals surface area contributed by atoms with Crippen LogP contribution in [0.2, 0.25) is 0 Å². The lowest BCUT2D eigenvalue weighted by atomic mass is 9.76. The van der Waals surface area contributed by atoms with Crippen LogP contribution in [0.15, 0.2) is 34.1 Å². The third-order valence-electron chi connectivity index (χ3n) is 5.49. The molecule has 1 aliphatic rings.